The summed E-state index contributed by atoms with van der Waals surface area (Å²) in [7, 11) is 0. The zero-order chi connectivity index (χ0) is 23.7. The monoisotopic (exact) mass is 476 g/mol. The molecule has 2 aromatic rings. The molecule has 6 rings (SSSR count). The first kappa shape index (κ1) is 22.7. The summed E-state index contributed by atoms with van der Waals surface area (Å²) in [4.78, 5) is 27.3. The molecule has 5 heterocycles. The van der Waals surface area contributed by atoms with Crippen LogP contribution in [0.2, 0.25) is 0 Å². The summed E-state index contributed by atoms with van der Waals surface area (Å²) in [5, 5.41) is 6.85. The average molecular weight is 477 g/mol. The maximum Gasteiger partial charge on any atom is 0.241 e. The minimum Gasteiger partial charge on any atom is -0.378 e. The van der Waals surface area contributed by atoms with Gasteiger partial charge in [-0.05, 0) is 69.2 Å². The molecule has 2 aromatic heterocycles. The standard InChI is InChI=1S/C27H36N6O2/c34-26(31-22-12-24(15-28-14-22)32-9-1-2-10-32)27(18-35-19-27)25-8-7-23(16-30-25)33-11-3-4-21(17-33)29-13-20-5-6-20/h7-8,12,14-16,20-21,29H,1-6,9-11,13,17-19H2,(H,31,34)/t21-/m1/s1. The predicted octanol–water partition coefficient (Wildman–Crippen LogP) is 2.95. The molecule has 1 aliphatic carbocycles. The molecule has 35 heavy (non-hydrogen) atoms. The van der Waals surface area contributed by atoms with E-state index in [0.717, 1.165) is 61.4 Å². The number of hydrogen-bond donors (Lipinski definition) is 2. The van der Waals surface area contributed by atoms with E-state index < -0.39 is 5.41 Å². The maximum absolute atomic E-state index is 13.4. The summed E-state index contributed by atoms with van der Waals surface area (Å²) in [5.74, 6) is 0.823. The van der Waals surface area contributed by atoms with Crippen LogP contribution in [0.3, 0.4) is 0 Å². The van der Waals surface area contributed by atoms with E-state index in [0.29, 0.717) is 19.3 Å². The number of hydrogen-bond acceptors (Lipinski definition) is 7. The van der Waals surface area contributed by atoms with Crippen molar-refractivity contribution in [2.45, 2.75) is 50.0 Å². The fourth-order valence-corrected chi connectivity index (χ4v) is 5.49. The maximum atomic E-state index is 13.4. The highest BCUT2D eigenvalue weighted by molar-refractivity contribution is 6.00. The number of nitrogens with zero attached hydrogens (tertiary/aromatic N) is 4. The number of amides is 1. The third kappa shape index (κ3) is 4.86. The SMILES string of the molecule is O=C(Nc1cncc(N2CCCC2)c1)C1(c2ccc(N3CCC[C@@H](NCC4CC4)C3)cn2)COC1. The van der Waals surface area contributed by atoms with Crippen LogP contribution in [-0.2, 0) is 14.9 Å². The molecule has 1 atom stereocenters. The molecular formula is C27H36N6O2. The molecule has 3 aliphatic heterocycles. The molecule has 186 valence electrons. The van der Waals surface area contributed by atoms with Crippen molar-refractivity contribution >= 4 is 23.0 Å². The van der Waals surface area contributed by atoms with Gasteiger partial charge in [-0.15, -0.1) is 0 Å². The van der Waals surface area contributed by atoms with Gasteiger partial charge in [0.1, 0.15) is 5.41 Å². The van der Waals surface area contributed by atoms with Crippen molar-refractivity contribution < 1.29 is 9.53 Å². The van der Waals surface area contributed by atoms with E-state index in [2.05, 4.69) is 31.5 Å². The zero-order valence-electron chi connectivity index (χ0n) is 20.4. The molecule has 8 nitrogen and oxygen atoms in total. The van der Waals surface area contributed by atoms with E-state index in [1.165, 1.54) is 38.5 Å². The Hall–Kier alpha value is -2.71. The lowest BCUT2D eigenvalue weighted by molar-refractivity contribution is -0.140. The number of rotatable bonds is 8. The van der Waals surface area contributed by atoms with Crippen molar-refractivity contribution in [2.24, 2.45) is 5.92 Å². The number of anilines is 3. The molecule has 0 bridgehead atoms. The molecule has 0 spiro atoms. The third-order valence-corrected chi connectivity index (χ3v) is 8.00. The lowest BCUT2D eigenvalue weighted by Gasteiger charge is -2.39. The number of ether oxygens (including phenoxy) is 1. The van der Waals surface area contributed by atoms with Crippen LogP contribution in [0.15, 0.2) is 36.8 Å². The normalized spacial score (nSPS) is 23.7. The first-order valence-corrected chi connectivity index (χ1v) is 13.2. The van der Waals surface area contributed by atoms with E-state index in [1.807, 2.05) is 24.5 Å². The van der Waals surface area contributed by atoms with Gasteiger partial charge in [0.2, 0.25) is 5.91 Å². The molecule has 0 aromatic carbocycles. The van der Waals surface area contributed by atoms with Crippen LogP contribution in [0, 0.1) is 5.92 Å². The van der Waals surface area contributed by atoms with Crippen LogP contribution in [0.1, 0.15) is 44.2 Å². The molecule has 4 aliphatic rings. The van der Waals surface area contributed by atoms with Gasteiger partial charge in [-0.25, -0.2) is 0 Å². The Kier molecular flexibility index (Phi) is 6.33. The largest absolute Gasteiger partial charge is 0.378 e. The molecule has 8 heteroatoms. The minimum absolute atomic E-state index is 0.0771. The summed E-state index contributed by atoms with van der Waals surface area (Å²) < 4.78 is 5.53. The Bertz CT molecular complexity index is 1030. The number of nitrogens with one attached hydrogen (secondary N) is 2. The number of piperidine rings is 1. The number of aromatic nitrogens is 2. The van der Waals surface area contributed by atoms with Gasteiger partial charge in [0.25, 0.3) is 0 Å². The van der Waals surface area contributed by atoms with E-state index >= 15 is 0 Å². The van der Waals surface area contributed by atoms with Crippen LogP contribution < -0.4 is 20.4 Å². The van der Waals surface area contributed by atoms with E-state index in [-0.39, 0.29) is 5.91 Å². The van der Waals surface area contributed by atoms with Crippen LogP contribution in [0.25, 0.3) is 0 Å². The Morgan fingerprint density at radius 2 is 1.83 bits per heavy atom. The fourth-order valence-electron chi connectivity index (χ4n) is 5.49. The molecule has 4 fully saturated rings. The predicted molar refractivity (Wildman–Crippen MR) is 137 cm³/mol. The second kappa shape index (κ2) is 9.74. The zero-order valence-corrected chi connectivity index (χ0v) is 20.4. The first-order valence-electron chi connectivity index (χ1n) is 13.2. The van der Waals surface area contributed by atoms with E-state index in [9.17, 15) is 4.79 Å². The molecule has 1 amide bonds. The summed E-state index contributed by atoms with van der Waals surface area (Å²) in [6.07, 6.45) is 13.1. The summed E-state index contributed by atoms with van der Waals surface area (Å²) in [6, 6.07) is 6.70. The van der Waals surface area contributed by atoms with Gasteiger partial charge >= 0.3 is 0 Å². The van der Waals surface area contributed by atoms with Crippen molar-refractivity contribution in [2.75, 3.05) is 61.1 Å². The third-order valence-electron chi connectivity index (χ3n) is 8.00. The summed E-state index contributed by atoms with van der Waals surface area (Å²) >= 11 is 0. The van der Waals surface area contributed by atoms with Crippen LogP contribution >= 0.6 is 0 Å². The Balaban J connectivity index is 1.12. The lowest BCUT2D eigenvalue weighted by atomic mass is 9.80. The van der Waals surface area contributed by atoms with Crippen LogP contribution in [0.4, 0.5) is 17.1 Å². The van der Waals surface area contributed by atoms with Crippen LogP contribution in [-0.4, -0.2) is 67.9 Å². The Morgan fingerprint density at radius 1 is 1.00 bits per heavy atom. The van der Waals surface area contributed by atoms with Gasteiger partial charge in [-0.3, -0.25) is 14.8 Å². The summed E-state index contributed by atoms with van der Waals surface area (Å²) in [5.41, 5.74) is 2.94. The number of carbonyl (C=O) groups is 1. The number of carbonyl (C=O) groups excluding carboxylic acids is 1. The van der Waals surface area contributed by atoms with Gasteiger partial charge in [0.15, 0.2) is 0 Å². The quantitative estimate of drug-likeness (QED) is 0.606. The van der Waals surface area contributed by atoms with Crippen LogP contribution in [0.5, 0.6) is 0 Å². The molecule has 1 saturated carbocycles. The highest BCUT2D eigenvalue weighted by atomic mass is 16.5. The van der Waals surface area contributed by atoms with Gasteiger partial charge in [-0.1, -0.05) is 0 Å². The topological polar surface area (TPSA) is 82.6 Å². The molecular weight excluding hydrogens is 440 g/mol. The van der Waals surface area contributed by atoms with Gasteiger partial charge in [-0.2, -0.15) is 0 Å². The first-order chi connectivity index (χ1) is 17.2. The van der Waals surface area contributed by atoms with Crippen molar-refractivity contribution in [1.29, 1.82) is 0 Å². The Labute approximate surface area is 207 Å². The van der Waals surface area contributed by atoms with E-state index in [4.69, 9.17) is 9.72 Å². The highest BCUT2D eigenvalue weighted by Crippen LogP contribution is 2.34. The second-order valence-corrected chi connectivity index (χ2v) is 10.7. The van der Waals surface area contributed by atoms with Crippen molar-refractivity contribution in [3.8, 4) is 0 Å². The number of pyridine rings is 2. The molecule has 3 saturated heterocycles. The van der Waals surface area contributed by atoms with E-state index in [1.54, 1.807) is 6.20 Å². The molecule has 0 unspecified atom stereocenters. The molecule has 2 N–H and O–H groups in total. The Morgan fingerprint density at radius 3 is 2.54 bits per heavy atom. The van der Waals surface area contributed by atoms with Crippen molar-refractivity contribution in [1.82, 2.24) is 15.3 Å². The average Bonchev–Trinajstić information content (AvgIpc) is 3.53. The van der Waals surface area contributed by atoms with Gasteiger partial charge in [0.05, 0.1) is 54.6 Å². The van der Waals surface area contributed by atoms with Gasteiger partial charge < -0.3 is 25.2 Å². The molecule has 0 radical (unpaired) electrons. The highest BCUT2D eigenvalue weighted by Gasteiger charge is 2.49. The summed E-state index contributed by atoms with van der Waals surface area (Å²) in [6.45, 7) is 6.01. The van der Waals surface area contributed by atoms with Gasteiger partial charge in [0, 0.05) is 32.2 Å². The van der Waals surface area contributed by atoms with Crippen molar-refractivity contribution in [3.63, 3.8) is 0 Å². The smallest absolute Gasteiger partial charge is 0.241 e. The second-order valence-electron chi connectivity index (χ2n) is 10.7. The minimum atomic E-state index is -0.752. The van der Waals surface area contributed by atoms with Crippen molar-refractivity contribution in [3.05, 3.63) is 42.5 Å². The fraction of sp³-hybridized carbons (Fsp3) is 0.593. The lowest BCUT2D eigenvalue weighted by Crippen LogP contribution is -2.56.